The standard InChI is InChI=1S/C27H37NO5/c1-7-9-10-13-33-26(30)23-17(3)28-19-15-27(4,5)16-20(29)25(19)24(23)18-11-12-21(32-8-2)22(14-18)31-6/h11-12,14,24,28H,7-10,13,15-16H2,1-6H3/t24-/m1/s1. The van der Waals surface area contributed by atoms with Gasteiger partial charge in [-0.2, -0.15) is 0 Å². The zero-order chi connectivity index (χ0) is 24.2. The molecule has 2 aliphatic rings. The molecule has 1 aromatic rings. The predicted molar refractivity (Wildman–Crippen MR) is 128 cm³/mol. The fourth-order valence-electron chi connectivity index (χ4n) is 4.77. The van der Waals surface area contributed by atoms with Gasteiger partial charge in [0.25, 0.3) is 0 Å². The molecule has 1 atom stereocenters. The first kappa shape index (κ1) is 24.9. The Hall–Kier alpha value is -2.76. The fraction of sp³-hybridized carbons (Fsp3) is 0.556. The van der Waals surface area contributed by atoms with Crippen molar-refractivity contribution < 1.29 is 23.8 Å². The number of dihydropyridines is 1. The summed E-state index contributed by atoms with van der Waals surface area (Å²) in [5, 5.41) is 3.38. The zero-order valence-corrected chi connectivity index (χ0v) is 20.8. The van der Waals surface area contributed by atoms with Gasteiger partial charge in [0.15, 0.2) is 17.3 Å². The molecule has 0 amide bonds. The van der Waals surface area contributed by atoms with Crippen LogP contribution in [0.1, 0.15) is 78.2 Å². The monoisotopic (exact) mass is 455 g/mol. The average Bonchev–Trinajstić information content (AvgIpc) is 2.75. The topological polar surface area (TPSA) is 73.9 Å². The van der Waals surface area contributed by atoms with E-state index in [0.29, 0.717) is 42.3 Å². The van der Waals surface area contributed by atoms with Gasteiger partial charge in [0.1, 0.15) is 0 Å². The molecular weight excluding hydrogens is 418 g/mol. The van der Waals surface area contributed by atoms with Gasteiger partial charge in [-0.1, -0.05) is 39.7 Å². The highest BCUT2D eigenvalue weighted by atomic mass is 16.5. The highest BCUT2D eigenvalue weighted by Gasteiger charge is 2.43. The van der Waals surface area contributed by atoms with Crippen LogP contribution in [0.2, 0.25) is 0 Å². The van der Waals surface area contributed by atoms with E-state index in [2.05, 4.69) is 26.1 Å². The van der Waals surface area contributed by atoms with Gasteiger partial charge in [0.05, 0.1) is 25.9 Å². The lowest BCUT2D eigenvalue weighted by atomic mass is 9.68. The normalized spacial score (nSPS) is 19.7. The van der Waals surface area contributed by atoms with Gasteiger partial charge in [-0.05, 0) is 49.8 Å². The smallest absolute Gasteiger partial charge is 0.336 e. The molecule has 1 aromatic carbocycles. The van der Waals surface area contributed by atoms with E-state index in [1.807, 2.05) is 32.0 Å². The zero-order valence-electron chi connectivity index (χ0n) is 20.8. The summed E-state index contributed by atoms with van der Waals surface area (Å²) in [7, 11) is 1.59. The van der Waals surface area contributed by atoms with E-state index in [1.165, 1.54) is 0 Å². The Morgan fingerprint density at radius 1 is 1.15 bits per heavy atom. The quantitative estimate of drug-likeness (QED) is 0.395. The van der Waals surface area contributed by atoms with Gasteiger partial charge in [0, 0.05) is 29.3 Å². The van der Waals surface area contributed by atoms with E-state index in [9.17, 15) is 9.59 Å². The summed E-state index contributed by atoms with van der Waals surface area (Å²) in [5.41, 5.74) is 3.46. The molecule has 0 saturated carbocycles. The number of nitrogens with one attached hydrogen (secondary N) is 1. The van der Waals surface area contributed by atoms with Crippen molar-refractivity contribution in [3.05, 3.63) is 46.3 Å². The lowest BCUT2D eigenvalue weighted by Crippen LogP contribution is -2.38. The summed E-state index contributed by atoms with van der Waals surface area (Å²) in [5.74, 6) is 0.390. The third-order valence-electron chi connectivity index (χ3n) is 6.26. The largest absolute Gasteiger partial charge is 0.493 e. The van der Waals surface area contributed by atoms with Crippen LogP contribution in [0, 0.1) is 5.41 Å². The number of allylic oxidation sites excluding steroid dienone is 3. The van der Waals surface area contributed by atoms with Crippen LogP contribution in [0.3, 0.4) is 0 Å². The molecule has 0 spiro atoms. The van der Waals surface area contributed by atoms with Crippen molar-refractivity contribution in [3.63, 3.8) is 0 Å². The minimum absolute atomic E-state index is 0.0652. The van der Waals surface area contributed by atoms with Crippen molar-refractivity contribution >= 4 is 11.8 Å². The molecular formula is C27H37NO5. The summed E-state index contributed by atoms with van der Waals surface area (Å²) in [6, 6.07) is 5.63. The first-order chi connectivity index (χ1) is 15.7. The van der Waals surface area contributed by atoms with Crippen molar-refractivity contribution in [1.29, 1.82) is 0 Å². The highest BCUT2D eigenvalue weighted by Crippen LogP contribution is 2.47. The number of methoxy groups -OCH3 is 1. The molecule has 3 rings (SSSR count). The van der Waals surface area contributed by atoms with Crippen LogP contribution < -0.4 is 14.8 Å². The lowest BCUT2D eigenvalue weighted by molar-refractivity contribution is -0.139. The van der Waals surface area contributed by atoms with E-state index in [4.69, 9.17) is 14.2 Å². The molecule has 6 nitrogen and oxygen atoms in total. The third kappa shape index (κ3) is 5.43. The number of ether oxygens (including phenoxy) is 3. The number of Topliss-reactive ketones (excluding diaryl/α,β-unsaturated/α-hetero) is 1. The summed E-state index contributed by atoms with van der Waals surface area (Å²) in [6.07, 6.45) is 4.07. The number of unbranched alkanes of at least 4 members (excludes halogenated alkanes) is 2. The van der Waals surface area contributed by atoms with Crippen LogP contribution in [0.5, 0.6) is 11.5 Å². The summed E-state index contributed by atoms with van der Waals surface area (Å²) in [6.45, 7) is 11.0. The van der Waals surface area contributed by atoms with Crippen molar-refractivity contribution in [2.45, 2.75) is 72.6 Å². The molecule has 0 unspecified atom stereocenters. The molecule has 0 radical (unpaired) electrons. The van der Waals surface area contributed by atoms with Gasteiger partial charge in [-0.3, -0.25) is 4.79 Å². The Labute approximate surface area is 197 Å². The Kier molecular flexibility index (Phi) is 7.88. The number of esters is 1. The summed E-state index contributed by atoms with van der Waals surface area (Å²) < 4.78 is 16.9. The fourth-order valence-corrected chi connectivity index (χ4v) is 4.77. The van der Waals surface area contributed by atoms with E-state index in [1.54, 1.807) is 7.11 Å². The Balaban J connectivity index is 2.08. The van der Waals surface area contributed by atoms with E-state index in [0.717, 1.165) is 42.6 Å². The van der Waals surface area contributed by atoms with Crippen molar-refractivity contribution in [3.8, 4) is 11.5 Å². The number of hydrogen-bond acceptors (Lipinski definition) is 6. The molecule has 1 aliphatic heterocycles. The molecule has 0 bridgehead atoms. The van der Waals surface area contributed by atoms with Gasteiger partial charge in [-0.15, -0.1) is 0 Å². The van der Waals surface area contributed by atoms with Crippen molar-refractivity contribution in [1.82, 2.24) is 5.32 Å². The minimum Gasteiger partial charge on any atom is -0.493 e. The van der Waals surface area contributed by atoms with Gasteiger partial charge in [-0.25, -0.2) is 4.79 Å². The molecule has 1 aliphatic carbocycles. The molecule has 1 N–H and O–H groups in total. The van der Waals surface area contributed by atoms with Gasteiger partial charge in [0.2, 0.25) is 0 Å². The van der Waals surface area contributed by atoms with Gasteiger partial charge < -0.3 is 19.5 Å². The first-order valence-electron chi connectivity index (χ1n) is 11.9. The molecule has 33 heavy (non-hydrogen) atoms. The number of carbonyl (C=O) groups is 2. The third-order valence-corrected chi connectivity index (χ3v) is 6.26. The maximum Gasteiger partial charge on any atom is 0.336 e. The van der Waals surface area contributed by atoms with Crippen molar-refractivity contribution in [2.75, 3.05) is 20.3 Å². The van der Waals surface area contributed by atoms with E-state index in [-0.39, 0.29) is 17.2 Å². The summed E-state index contributed by atoms with van der Waals surface area (Å²) in [4.78, 5) is 26.7. The second-order valence-corrected chi connectivity index (χ2v) is 9.62. The first-order valence-corrected chi connectivity index (χ1v) is 11.9. The second kappa shape index (κ2) is 10.4. The number of hydrogen-bond donors (Lipinski definition) is 1. The molecule has 1 heterocycles. The predicted octanol–water partition coefficient (Wildman–Crippen LogP) is 5.43. The molecule has 0 fully saturated rings. The van der Waals surface area contributed by atoms with Crippen LogP contribution in [-0.2, 0) is 14.3 Å². The maximum absolute atomic E-state index is 13.4. The molecule has 0 saturated heterocycles. The summed E-state index contributed by atoms with van der Waals surface area (Å²) >= 11 is 0. The number of ketones is 1. The Morgan fingerprint density at radius 2 is 1.91 bits per heavy atom. The maximum atomic E-state index is 13.4. The Bertz CT molecular complexity index is 973. The SMILES string of the molecule is CCCCCOC(=O)C1=C(C)NC2=C(C(=O)CC(C)(C)C2)[C@@H]1c1ccc(OCC)c(OC)c1. The minimum atomic E-state index is -0.506. The molecule has 0 aromatic heterocycles. The molecule has 6 heteroatoms. The van der Waals surface area contributed by atoms with Gasteiger partial charge >= 0.3 is 5.97 Å². The number of rotatable bonds is 9. The average molecular weight is 456 g/mol. The highest BCUT2D eigenvalue weighted by molar-refractivity contribution is 6.04. The van der Waals surface area contributed by atoms with E-state index < -0.39 is 5.92 Å². The second-order valence-electron chi connectivity index (χ2n) is 9.62. The Morgan fingerprint density at radius 3 is 2.58 bits per heavy atom. The molecule has 180 valence electrons. The van der Waals surface area contributed by atoms with Crippen LogP contribution in [0.25, 0.3) is 0 Å². The van der Waals surface area contributed by atoms with E-state index >= 15 is 0 Å². The van der Waals surface area contributed by atoms with Crippen molar-refractivity contribution in [2.24, 2.45) is 5.41 Å². The van der Waals surface area contributed by atoms with Crippen LogP contribution in [0.4, 0.5) is 0 Å². The van der Waals surface area contributed by atoms with Crippen LogP contribution in [0.15, 0.2) is 40.7 Å². The van der Waals surface area contributed by atoms with Crippen LogP contribution in [-0.4, -0.2) is 32.1 Å². The van der Waals surface area contributed by atoms with Crippen LogP contribution >= 0.6 is 0 Å². The number of benzene rings is 1. The lowest BCUT2D eigenvalue weighted by Gasteiger charge is -2.39. The number of carbonyl (C=O) groups excluding carboxylic acids is 2.